The van der Waals surface area contributed by atoms with Crippen LogP contribution < -0.4 is 0 Å². The third-order valence-electron chi connectivity index (χ3n) is 2.56. The molecule has 2 nitrogen and oxygen atoms in total. The predicted molar refractivity (Wildman–Crippen MR) is 96.7 cm³/mol. The van der Waals surface area contributed by atoms with Crippen molar-refractivity contribution in [1.82, 2.24) is 0 Å². The predicted octanol–water partition coefficient (Wildman–Crippen LogP) is 6.08. The summed E-state index contributed by atoms with van der Waals surface area (Å²) < 4.78 is 6.19. The summed E-state index contributed by atoms with van der Waals surface area (Å²) >= 11 is 13.3. The molecule has 0 aliphatic carbocycles. The highest BCUT2D eigenvalue weighted by atomic mass is 35.5. The molecule has 0 spiro atoms. The molecule has 1 heterocycles. The van der Waals surface area contributed by atoms with Crippen LogP contribution in [0.1, 0.15) is 26.3 Å². The van der Waals surface area contributed by atoms with Crippen molar-refractivity contribution in [1.29, 1.82) is 0 Å². The van der Waals surface area contributed by atoms with Gasteiger partial charge in [-0.15, -0.1) is 11.3 Å². The Balaban J connectivity index is 2.64. The van der Waals surface area contributed by atoms with E-state index in [-0.39, 0.29) is 5.97 Å². The normalized spacial score (nSPS) is 13.3. The Hall–Kier alpha value is -1.29. The van der Waals surface area contributed by atoms with Crippen LogP contribution in [0.15, 0.2) is 47.6 Å². The van der Waals surface area contributed by atoms with Gasteiger partial charge in [0.1, 0.15) is 4.34 Å². The first-order valence-corrected chi connectivity index (χ1v) is 8.32. The molecule has 0 aliphatic heterocycles. The molecule has 0 radical (unpaired) electrons. The van der Waals surface area contributed by atoms with Gasteiger partial charge in [-0.3, -0.25) is 0 Å². The molecule has 0 aromatic carbocycles. The number of allylic oxidation sites excluding steroid dienone is 6. The molecular formula is C17H18Cl2O2S. The van der Waals surface area contributed by atoms with Gasteiger partial charge < -0.3 is 4.74 Å². The molecule has 118 valence electrons. The first-order valence-electron chi connectivity index (χ1n) is 6.75. The Morgan fingerprint density at radius 3 is 2.59 bits per heavy atom. The second kappa shape index (κ2) is 9.67. The summed E-state index contributed by atoms with van der Waals surface area (Å²) in [5, 5.41) is 0. The van der Waals surface area contributed by atoms with E-state index in [2.05, 4.69) is 0 Å². The van der Waals surface area contributed by atoms with Crippen molar-refractivity contribution in [3.8, 4) is 0 Å². The average Bonchev–Trinajstić information content (AvgIpc) is 2.74. The molecule has 0 saturated carbocycles. The zero-order chi connectivity index (χ0) is 16.5. The van der Waals surface area contributed by atoms with Crippen molar-refractivity contribution in [2.45, 2.75) is 20.8 Å². The topological polar surface area (TPSA) is 26.3 Å². The third kappa shape index (κ3) is 7.12. The van der Waals surface area contributed by atoms with Crippen molar-refractivity contribution in [3.63, 3.8) is 0 Å². The van der Waals surface area contributed by atoms with Crippen LogP contribution in [0.3, 0.4) is 0 Å². The van der Waals surface area contributed by atoms with Gasteiger partial charge in [0.25, 0.3) is 0 Å². The summed E-state index contributed by atoms with van der Waals surface area (Å²) in [5.41, 5.74) is 2.80. The zero-order valence-corrected chi connectivity index (χ0v) is 15.1. The smallest absolute Gasteiger partial charge is 0.330 e. The number of halogens is 2. The minimum atomic E-state index is -0.325. The Morgan fingerprint density at radius 1 is 1.27 bits per heavy atom. The minimum absolute atomic E-state index is 0.325. The standard InChI is InChI=1S/C17H18Cl2O2S/c1-4-21-16(20)10-13(3)7-5-6-12(2)8-9-14-11-15(18)22-17(14)19/h5-11H,4H2,1-3H3. The number of rotatable bonds is 6. The van der Waals surface area contributed by atoms with E-state index >= 15 is 0 Å². The van der Waals surface area contributed by atoms with Gasteiger partial charge in [0, 0.05) is 11.6 Å². The number of thiophene rings is 1. The maximum Gasteiger partial charge on any atom is 0.330 e. The quantitative estimate of drug-likeness (QED) is 0.350. The van der Waals surface area contributed by atoms with Gasteiger partial charge in [-0.25, -0.2) is 4.79 Å². The summed E-state index contributed by atoms with van der Waals surface area (Å²) in [7, 11) is 0. The van der Waals surface area contributed by atoms with Gasteiger partial charge in [-0.1, -0.05) is 59.2 Å². The number of carbonyl (C=O) groups excluding carboxylic acids is 1. The summed E-state index contributed by atoms with van der Waals surface area (Å²) in [6, 6.07) is 1.83. The minimum Gasteiger partial charge on any atom is -0.463 e. The van der Waals surface area contributed by atoms with Crippen molar-refractivity contribution < 1.29 is 9.53 Å². The Kier molecular flexibility index (Phi) is 8.25. The van der Waals surface area contributed by atoms with E-state index in [0.717, 1.165) is 16.7 Å². The van der Waals surface area contributed by atoms with Crippen molar-refractivity contribution in [2.75, 3.05) is 6.61 Å². The number of hydrogen-bond acceptors (Lipinski definition) is 3. The molecule has 0 N–H and O–H groups in total. The molecule has 0 atom stereocenters. The first-order chi connectivity index (χ1) is 10.4. The van der Waals surface area contributed by atoms with Crippen LogP contribution in [0.25, 0.3) is 6.08 Å². The third-order valence-corrected chi connectivity index (χ3v) is 4.08. The highest BCUT2D eigenvalue weighted by molar-refractivity contribution is 7.20. The van der Waals surface area contributed by atoms with Gasteiger partial charge in [-0.05, 0) is 32.4 Å². The fraction of sp³-hybridized carbons (Fsp3) is 0.235. The van der Waals surface area contributed by atoms with E-state index in [0.29, 0.717) is 15.3 Å². The van der Waals surface area contributed by atoms with Gasteiger partial charge in [0.2, 0.25) is 0 Å². The van der Waals surface area contributed by atoms with Gasteiger partial charge in [0.15, 0.2) is 0 Å². The Morgan fingerprint density at radius 2 is 2.00 bits per heavy atom. The maximum atomic E-state index is 11.3. The molecule has 1 aromatic rings. The lowest BCUT2D eigenvalue weighted by molar-refractivity contribution is -0.137. The molecular weight excluding hydrogens is 339 g/mol. The second-order valence-electron chi connectivity index (χ2n) is 4.52. The zero-order valence-electron chi connectivity index (χ0n) is 12.7. The van der Waals surface area contributed by atoms with Crippen molar-refractivity contribution in [2.24, 2.45) is 0 Å². The number of carbonyl (C=O) groups is 1. The monoisotopic (exact) mass is 356 g/mol. The molecule has 0 amide bonds. The lowest BCUT2D eigenvalue weighted by Gasteiger charge is -1.96. The average molecular weight is 357 g/mol. The molecule has 0 unspecified atom stereocenters. The molecule has 22 heavy (non-hydrogen) atoms. The van der Waals surface area contributed by atoms with Crippen LogP contribution in [0, 0.1) is 0 Å². The summed E-state index contributed by atoms with van der Waals surface area (Å²) in [4.78, 5) is 11.3. The molecule has 1 aromatic heterocycles. The van der Waals surface area contributed by atoms with Crippen molar-refractivity contribution >= 4 is 46.6 Å². The van der Waals surface area contributed by atoms with E-state index in [1.165, 1.54) is 17.4 Å². The molecule has 0 aliphatic rings. The van der Waals surface area contributed by atoms with E-state index in [1.807, 2.05) is 50.3 Å². The van der Waals surface area contributed by atoms with Crippen LogP contribution in [0.5, 0.6) is 0 Å². The SMILES string of the molecule is CCOC(=O)C=C(C)C=CC=C(C)C=Cc1cc(Cl)sc1Cl. The lowest BCUT2D eigenvalue weighted by atomic mass is 10.2. The summed E-state index contributed by atoms with van der Waals surface area (Å²) in [5.74, 6) is -0.325. The van der Waals surface area contributed by atoms with E-state index in [1.54, 1.807) is 6.92 Å². The molecule has 1 rings (SSSR count). The van der Waals surface area contributed by atoms with Gasteiger partial charge >= 0.3 is 5.97 Å². The molecule has 0 bridgehead atoms. The highest BCUT2D eigenvalue weighted by Crippen LogP contribution is 2.32. The second-order valence-corrected chi connectivity index (χ2v) is 6.81. The molecule has 0 fully saturated rings. The first kappa shape index (κ1) is 18.8. The summed E-state index contributed by atoms with van der Waals surface area (Å²) in [6.07, 6.45) is 11.0. The van der Waals surface area contributed by atoms with Gasteiger partial charge in [-0.2, -0.15) is 0 Å². The molecule has 0 saturated heterocycles. The fourth-order valence-corrected chi connectivity index (χ4v) is 2.95. The van der Waals surface area contributed by atoms with Crippen LogP contribution >= 0.6 is 34.5 Å². The van der Waals surface area contributed by atoms with E-state index in [9.17, 15) is 4.79 Å². The fourth-order valence-electron chi connectivity index (χ4n) is 1.51. The van der Waals surface area contributed by atoms with Crippen LogP contribution in [0.2, 0.25) is 8.67 Å². The molecule has 5 heteroatoms. The maximum absolute atomic E-state index is 11.3. The van der Waals surface area contributed by atoms with E-state index < -0.39 is 0 Å². The lowest BCUT2D eigenvalue weighted by Crippen LogP contribution is -1.99. The Labute approximate surface area is 145 Å². The van der Waals surface area contributed by atoms with Gasteiger partial charge in [0.05, 0.1) is 10.9 Å². The largest absolute Gasteiger partial charge is 0.463 e. The Bertz CT molecular complexity index is 637. The number of hydrogen-bond donors (Lipinski definition) is 0. The van der Waals surface area contributed by atoms with E-state index in [4.69, 9.17) is 27.9 Å². The summed E-state index contributed by atoms with van der Waals surface area (Å²) in [6.45, 7) is 5.99. The number of esters is 1. The van der Waals surface area contributed by atoms with Crippen LogP contribution in [0.4, 0.5) is 0 Å². The van der Waals surface area contributed by atoms with Crippen LogP contribution in [-0.4, -0.2) is 12.6 Å². The highest BCUT2D eigenvalue weighted by Gasteiger charge is 2.01. The van der Waals surface area contributed by atoms with Crippen molar-refractivity contribution in [3.05, 3.63) is 61.8 Å². The number of ether oxygens (including phenoxy) is 1. The van der Waals surface area contributed by atoms with Crippen LogP contribution in [-0.2, 0) is 9.53 Å².